The zero-order valence-corrected chi connectivity index (χ0v) is 13.5. The molecule has 1 fully saturated rings. The molecule has 1 saturated heterocycles. The number of carbonyl (C=O) groups excluding carboxylic acids is 3. The van der Waals surface area contributed by atoms with Crippen LogP contribution in [0.5, 0.6) is 5.75 Å². The molecule has 9 heteroatoms. The molecule has 0 unspecified atom stereocenters. The molecule has 130 valence electrons. The normalized spacial score (nSPS) is 13.7. The number of imide groups is 1. The fraction of sp³-hybridized carbons (Fsp3) is 0.250. The second-order valence-electron chi connectivity index (χ2n) is 5.41. The van der Waals surface area contributed by atoms with Crippen molar-refractivity contribution in [2.45, 2.75) is 6.54 Å². The highest BCUT2D eigenvalue weighted by Crippen LogP contribution is 2.23. The molecule has 1 aliphatic heterocycles. The number of carbonyl (C=O) groups is 3. The van der Waals surface area contributed by atoms with E-state index in [1.54, 1.807) is 13.3 Å². The maximum absolute atomic E-state index is 12.0. The maximum atomic E-state index is 12.0. The summed E-state index contributed by atoms with van der Waals surface area (Å²) in [5.41, 5.74) is 2.46. The van der Waals surface area contributed by atoms with Gasteiger partial charge in [0, 0.05) is 17.7 Å². The molecular formula is C16H17N5O4. The van der Waals surface area contributed by atoms with E-state index in [0.717, 1.165) is 27.5 Å². The number of methoxy groups -OCH3 is 1. The molecule has 0 saturated carbocycles. The van der Waals surface area contributed by atoms with E-state index in [4.69, 9.17) is 4.74 Å². The monoisotopic (exact) mass is 343 g/mol. The Morgan fingerprint density at radius 3 is 2.72 bits per heavy atom. The van der Waals surface area contributed by atoms with Gasteiger partial charge in [-0.1, -0.05) is 0 Å². The molecule has 1 aromatic heterocycles. The van der Waals surface area contributed by atoms with Crippen molar-refractivity contribution in [1.82, 2.24) is 25.7 Å². The summed E-state index contributed by atoms with van der Waals surface area (Å²) >= 11 is 0. The number of aromatic nitrogens is 2. The first-order chi connectivity index (χ1) is 12.1. The number of benzene rings is 1. The average Bonchev–Trinajstić information content (AvgIpc) is 3.22. The largest absolute Gasteiger partial charge is 0.497 e. The standard InChI is InChI=1S/C16H17N5O4/c1-25-12-4-2-10(3-5-12)15-11(7-19-20-15)6-17-13(22)9-21-14(23)8-18-16(21)24/h2-5,7H,6,8-9H2,1H3,(H,17,22)(H,18,24)(H,19,20). The Hall–Kier alpha value is -3.36. The lowest BCUT2D eigenvalue weighted by Crippen LogP contribution is -2.40. The number of hydrogen-bond donors (Lipinski definition) is 3. The van der Waals surface area contributed by atoms with Gasteiger partial charge in [-0.25, -0.2) is 4.79 Å². The van der Waals surface area contributed by atoms with Crippen LogP contribution in [0.4, 0.5) is 4.79 Å². The van der Waals surface area contributed by atoms with Crippen molar-refractivity contribution >= 4 is 17.8 Å². The summed E-state index contributed by atoms with van der Waals surface area (Å²) < 4.78 is 5.13. The minimum absolute atomic E-state index is 0.0739. The molecule has 3 N–H and O–H groups in total. The van der Waals surface area contributed by atoms with Gasteiger partial charge in [0.1, 0.15) is 12.3 Å². The van der Waals surface area contributed by atoms with Crippen molar-refractivity contribution in [3.8, 4) is 17.0 Å². The molecule has 0 bridgehead atoms. The molecule has 0 spiro atoms. The number of H-pyrrole nitrogens is 1. The van der Waals surface area contributed by atoms with Gasteiger partial charge in [0.15, 0.2) is 0 Å². The summed E-state index contributed by atoms with van der Waals surface area (Å²) in [4.78, 5) is 35.8. The van der Waals surface area contributed by atoms with E-state index in [0.29, 0.717) is 0 Å². The van der Waals surface area contributed by atoms with Crippen molar-refractivity contribution < 1.29 is 19.1 Å². The van der Waals surface area contributed by atoms with Crippen LogP contribution < -0.4 is 15.4 Å². The van der Waals surface area contributed by atoms with Gasteiger partial charge >= 0.3 is 6.03 Å². The number of aromatic amines is 1. The van der Waals surface area contributed by atoms with E-state index in [9.17, 15) is 14.4 Å². The number of nitrogens with one attached hydrogen (secondary N) is 3. The van der Waals surface area contributed by atoms with Crippen LogP contribution in [-0.4, -0.2) is 53.1 Å². The van der Waals surface area contributed by atoms with E-state index in [1.165, 1.54) is 0 Å². The molecule has 1 aromatic carbocycles. The minimum Gasteiger partial charge on any atom is -0.497 e. The van der Waals surface area contributed by atoms with Gasteiger partial charge in [-0.2, -0.15) is 5.10 Å². The van der Waals surface area contributed by atoms with Crippen LogP contribution in [0.25, 0.3) is 11.3 Å². The predicted molar refractivity (Wildman–Crippen MR) is 87.5 cm³/mol. The first kappa shape index (κ1) is 16.5. The summed E-state index contributed by atoms with van der Waals surface area (Å²) in [6.07, 6.45) is 1.62. The van der Waals surface area contributed by atoms with E-state index in [-0.39, 0.29) is 19.6 Å². The van der Waals surface area contributed by atoms with Crippen molar-refractivity contribution in [2.24, 2.45) is 0 Å². The third kappa shape index (κ3) is 3.60. The van der Waals surface area contributed by atoms with Crippen LogP contribution in [-0.2, 0) is 16.1 Å². The molecule has 0 radical (unpaired) electrons. The molecule has 3 rings (SSSR count). The highest BCUT2D eigenvalue weighted by Gasteiger charge is 2.30. The smallest absolute Gasteiger partial charge is 0.325 e. The van der Waals surface area contributed by atoms with Gasteiger partial charge in [-0.3, -0.25) is 19.6 Å². The number of amides is 4. The Kier molecular flexibility index (Phi) is 4.64. The SMILES string of the molecule is COc1ccc(-c2[nH]ncc2CNC(=O)CN2C(=O)CNC2=O)cc1. The molecule has 2 aromatic rings. The average molecular weight is 343 g/mol. The van der Waals surface area contributed by atoms with Gasteiger partial charge in [0.05, 0.1) is 25.5 Å². The molecule has 1 aliphatic rings. The lowest BCUT2D eigenvalue weighted by molar-refractivity contribution is -0.130. The van der Waals surface area contributed by atoms with Crippen molar-refractivity contribution in [1.29, 1.82) is 0 Å². The van der Waals surface area contributed by atoms with Crippen LogP contribution in [0.3, 0.4) is 0 Å². The number of urea groups is 1. The van der Waals surface area contributed by atoms with Gasteiger partial charge in [-0.05, 0) is 24.3 Å². The second kappa shape index (κ2) is 7.04. The highest BCUT2D eigenvalue weighted by molar-refractivity contribution is 6.04. The van der Waals surface area contributed by atoms with Crippen LogP contribution in [0.1, 0.15) is 5.56 Å². The van der Waals surface area contributed by atoms with Crippen LogP contribution in [0, 0.1) is 0 Å². The third-order valence-corrected chi connectivity index (χ3v) is 3.81. The van der Waals surface area contributed by atoms with E-state index < -0.39 is 17.8 Å². The Labute approximate surface area is 143 Å². The summed E-state index contributed by atoms with van der Waals surface area (Å²) in [6.45, 7) is -0.157. The van der Waals surface area contributed by atoms with Crippen LogP contribution >= 0.6 is 0 Å². The van der Waals surface area contributed by atoms with E-state index in [1.807, 2.05) is 24.3 Å². The van der Waals surface area contributed by atoms with Crippen LogP contribution in [0.2, 0.25) is 0 Å². The molecule has 25 heavy (non-hydrogen) atoms. The van der Waals surface area contributed by atoms with Crippen LogP contribution in [0.15, 0.2) is 30.5 Å². The summed E-state index contributed by atoms with van der Waals surface area (Å²) in [6, 6.07) is 6.87. The van der Waals surface area contributed by atoms with Crippen molar-refractivity contribution in [2.75, 3.05) is 20.2 Å². The maximum Gasteiger partial charge on any atom is 0.325 e. The lowest BCUT2D eigenvalue weighted by atomic mass is 10.1. The molecule has 0 atom stereocenters. The summed E-state index contributed by atoms with van der Waals surface area (Å²) in [5, 5.41) is 12.0. The molecule has 0 aliphatic carbocycles. The zero-order valence-electron chi connectivity index (χ0n) is 13.5. The third-order valence-electron chi connectivity index (χ3n) is 3.81. The summed E-state index contributed by atoms with van der Waals surface area (Å²) in [7, 11) is 1.59. The summed E-state index contributed by atoms with van der Waals surface area (Å²) in [5.74, 6) is -0.0960. The first-order valence-electron chi connectivity index (χ1n) is 7.60. The molecule has 4 amide bonds. The predicted octanol–water partition coefficient (Wildman–Crippen LogP) is 0.253. The van der Waals surface area contributed by atoms with Gasteiger partial charge in [0.2, 0.25) is 5.91 Å². The number of rotatable bonds is 6. The second-order valence-corrected chi connectivity index (χ2v) is 5.41. The number of ether oxygens (including phenoxy) is 1. The number of nitrogens with zero attached hydrogens (tertiary/aromatic N) is 2. The molecule has 9 nitrogen and oxygen atoms in total. The van der Waals surface area contributed by atoms with Gasteiger partial charge in [0.25, 0.3) is 5.91 Å². The Morgan fingerprint density at radius 1 is 1.32 bits per heavy atom. The molecule has 2 heterocycles. The Balaban J connectivity index is 1.62. The lowest BCUT2D eigenvalue weighted by Gasteiger charge is -2.12. The van der Waals surface area contributed by atoms with Crippen molar-refractivity contribution in [3.05, 3.63) is 36.0 Å². The Morgan fingerprint density at radius 2 is 2.08 bits per heavy atom. The van der Waals surface area contributed by atoms with E-state index >= 15 is 0 Å². The Bertz CT molecular complexity index is 783. The van der Waals surface area contributed by atoms with Gasteiger partial charge < -0.3 is 15.4 Å². The molecular weight excluding hydrogens is 326 g/mol. The first-order valence-corrected chi connectivity index (χ1v) is 7.60. The van der Waals surface area contributed by atoms with E-state index in [2.05, 4.69) is 20.8 Å². The number of hydrogen-bond acceptors (Lipinski definition) is 5. The topological polar surface area (TPSA) is 116 Å². The fourth-order valence-corrected chi connectivity index (χ4v) is 2.46. The highest BCUT2D eigenvalue weighted by atomic mass is 16.5. The van der Waals surface area contributed by atoms with Gasteiger partial charge in [-0.15, -0.1) is 0 Å². The fourth-order valence-electron chi connectivity index (χ4n) is 2.46. The zero-order chi connectivity index (χ0) is 17.8. The quantitative estimate of drug-likeness (QED) is 0.650. The van der Waals surface area contributed by atoms with Crippen molar-refractivity contribution in [3.63, 3.8) is 0 Å². The minimum atomic E-state index is -0.553.